The number of carbonyl (C=O) groups excluding carboxylic acids is 2. The Balaban J connectivity index is 2.54. The molecule has 1 atom stereocenters. The zero-order valence-corrected chi connectivity index (χ0v) is 18.9. The Morgan fingerprint density at radius 1 is 1.06 bits per heavy atom. The molecule has 2 N–H and O–H groups in total. The molecular weight excluding hydrogens is 489 g/mol. The highest BCUT2D eigenvalue weighted by atomic mass is 32.2. The Kier molecular flexibility index (Phi) is 7.60. The minimum Gasteiger partial charge on any atom is -0.508 e. The third-order valence-corrected chi connectivity index (χ3v) is 5.82. The smallest absolute Gasteiger partial charge is 0.501 e. The van der Waals surface area contributed by atoms with Crippen LogP contribution < -0.4 is 5.32 Å². The van der Waals surface area contributed by atoms with Gasteiger partial charge in [0, 0.05) is 6.42 Å². The summed E-state index contributed by atoms with van der Waals surface area (Å²) >= 11 is 0. The molecular formula is C21H20F5NO6S. The lowest BCUT2D eigenvalue weighted by molar-refractivity contribution is -0.157. The second-order valence-corrected chi connectivity index (χ2v) is 10.0. The largest absolute Gasteiger partial charge is 0.508 e. The number of phenols is 1. The maximum absolute atomic E-state index is 14.0. The summed E-state index contributed by atoms with van der Waals surface area (Å²) < 4.78 is 96.6. The van der Waals surface area contributed by atoms with Crippen molar-refractivity contribution in [2.75, 3.05) is 0 Å². The molecule has 2 rings (SSSR count). The van der Waals surface area contributed by atoms with Gasteiger partial charge < -0.3 is 15.2 Å². The van der Waals surface area contributed by atoms with E-state index in [1.54, 1.807) is 0 Å². The van der Waals surface area contributed by atoms with Gasteiger partial charge in [-0.05, 0) is 50.6 Å². The summed E-state index contributed by atoms with van der Waals surface area (Å²) in [5.41, 5.74) is -8.56. The van der Waals surface area contributed by atoms with Gasteiger partial charge in [-0.15, -0.1) is 0 Å². The van der Waals surface area contributed by atoms with Crippen molar-refractivity contribution in [3.63, 3.8) is 0 Å². The third kappa shape index (κ3) is 6.22. The minimum absolute atomic E-state index is 0.336. The van der Waals surface area contributed by atoms with Crippen LogP contribution in [-0.2, 0) is 25.8 Å². The summed E-state index contributed by atoms with van der Waals surface area (Å²) in [5.74, 6) is -5.99. The number of alkyl halides is 3. The Morgan fingerprint density at radius 2 is 1.62 bits per heavy atom. The average molecular weight is 509 g/mol. The summed E-state index contributed by atoms with van der Waals surface area (Å²) in [6.45, 7) is 4.33. The molecule has 0 aliphatic heterocycles. The molecule has 0 aromatic heterocycles. The molecule has 0 radical (unpaired) electrons. The summed E-state index contributed by atoms with van der Waals surface area (Å²) in [6, 6.07) is 2.69. The predicted molar refractivity (Wildman–Crippen MR) is 109 cm³/mol. The summed E-state index contributed by atoms with van der Waals surface area (Å²) in [7, 11) is -5.97. The average Bonchev–Trinajstić information content (AvgIpc) is 2.66. The lowest BCUT2D eigenvalue weighted by Gasteiger charge is -2.25. The zero-order valence-electron chi connectivity index (χ0n) is 18.0. The first kappa shape index (κ1) is 27.0. The van der Waals surface area contributed by atoms with Crippen LogP contribution in [0.2, 0.25) is 0 Å². The van der Waals surface area contributed by atoms with Gasteiger partial charge in [-0.25, -0.2) is 22.0 Å². The number of phenolic OH excluding ortho intramolecular Hbond substituents is 1. The number of halogens is 5. The summed E-state index contributed by atoms with van der Waals surface area (Å²) in [4.78, 5) is 23.8. The molecule has 34 heavy (non-hydrogen) atoms. The molecule has 0 spiro atoms. The Bertz CT molecular complexity index is 1180. The molecule has 2 aromatic carbocycles. The van der Waals surface area contributed by atoms with Crippen LogP contribution in [0.15, 0.2) is 41.3 Å². The van der Waals surface area contributed by atoms with Crippen molar-refractivity contribution in [1.29, 1.82) is 0 Å². The van der Waals surface area contributed by atoms with Crippen LogP contribution in [0.3, 0.4) is 0 Å². The highest BCUT2D eigenvalue weighted by Gasteiger charge is 2.48. The maximum Gasteiger partial charge on any atom is 0.501 e. The summed E-state index contributed by atoms with van der Waals surface area (Å²) in [6.07, 6.45) is -0.873. The molecule has 0 fully saturated rings. The fourth-order valence-electron chi connectivity index (χ4n) is 2.82. The number of nitrogens with one attached hydrogen (secondary N) is 1. The molecule has 1 amide bonds. The number of amides is 1. The van der Waals surface area contributed by atoms with E-state index in [4.69, 9.17) is 4.74 Å². The van der Waals surface area contributed by atoms with Crippen molar-refractivity contribution in [2.24, 2.45) is 0 Å². The number of ether oxygens (including phenoxy) is 1. The number of rotatable bonds is 6. The molecule has 186 valence electrons. The van der Waals surface area contributed by atoms with Crippen LogP contribution in [0, 0.1) is 11.6 Å². The molecule has 13 heteroatoms. The van der Waals surface area contributed by atoms with Crippen LogP contribution in [0.5, 0.6) is 5.75 Å². The maximum atomic E-state index is 14.0. The number of esters is 1. The van der Waals surface area contributed by atoms with E-state index in [1.165, 1.54) is 20.8 Å². The first-order valence-corrected chi connectivity index (χ1v) is 11.0. The van der Waals surface area contributed by atoms with E-state index in [1.807, 2.05) is 5.32 Å². The van der Waals surface area contributed by atoms with E-state index in [-0.39, 0.29) is 0 Å². The monoisotopic (exact) mass is 509 g/mol. The fourth-order valence-corrected chi connectivity index (χ4v) is 3.84. The van der Waals surface area contributed by atoms with Gasteiger partial charge in [-0.2, -0.15) is 13.2 Å². The van der Waals surface area contributed by atoms with Crippen molar-refractivity contribution >= 4 is 21.7 Å². The van der Waals surface area contributed by atoms with E-state index < -0.39 is 78.7 Å². The number of hydrogen-bond acceptors (Lipinski definition) is 6. The van der Waals surface area contributed by atoms with E-state index in [2.05, 4.69) is 0 Å². The molecule has 0 saturated heterocycles. The molecule has 0 unspecified atom stereocenters. The molecule has 0 aliphatic rings. The third-order valence-electron chi connectivity index (χ3n) is 4.26. The fraction of sp³-hybridized carbons (Fsp3) is 0.333. The predicted octanol–water partition coefficient (Wildman–Crippen LogP) is 3.65. The number of sulfone groups is 1. The van der Waals surface area contributed by atoms with Crippen molar-refractivity contribution in [3.8, 4) is 5.75 Å². The minimum atomic E-state index is -5.97. The van der Waals surface area contributed by atoms with Crippen LogP contribution in [0.25, 0.3) is 0 Å². The van der Waals surface area contributed by atoms with Gasteiger partial charge in [0.1, 0.15) is 34.6 Å². The van der Waals surface area contributed by atoms with Crippen LogP contribution >= 0.6 is 0 Å². The van der Waals surface area contributed by atoms with Gasteiger partial charge in [0.25, 0.3) is 15.7 Å². The normalized spacial score (nSPS) is 13.3. The van der Waals surface area contributed by atoms with E-state index >= 15 is 0 Å². The topological polar surface area (TPSA) is 110 Å². The number of benzene rings is 2. The second kappa shape index (κ2) is 9.57. The van der Waals surface area contributed by atoms with E-state index in [0.29, 0.717) is 6.07 Å². The molecule has 0 heterocycles. The zero-order chi connectivity index (χ0) is 26.1. The standard InChI is InChI=1S/C21H20F5NO6S/c1-20(2,3)33-19(30)15(27-18(29)17-13(22)5-4-6-14(17)23)9-11-7-8-12(28)10-16(11)34(31,32)21(24,25)26/h4-8,10,15,28H,9H2,1-3H3,(H,27,29)/t15-/m0/s1. The molecule has 0 aliphatic carbocycles. The van der Waals surface area contributed by atoms with E-state index in [0.717, 1.165) is 30.3 Å². The lowest BCUT2D eigenvalue weighted by Crippen LogP contribution is -2.46. The first-order valence-electron chi connectivity index (χ1n) is 9.55. The molecule has 7 nitrogen and oxygen atoms in total. The van der Waals surface area contributed by atoms with Crippen molar-refractivity contribution in [2.45, 2.75) is 49.2 Å². The quantitative estimate of drug-likeness (QED) is 0.455. The van der Waals surface area contributed by atoms with Gasteiger partial charge in [0.05, 0.1) is 4.90 Å². The highest BCUT2D eigenvalue weighted by Crippen LogP contribution is 2.34. The number of hydrogen-bond donors (Lipinski definition) is 2. The number of aromatic hydroxyl groups is 1. The van der Waals surface area contributed by atoms with Gasteiger partial charge in [0.15, 0.2) is 0 Å². The molecule has 2 aromatic rings. The van der Waals surface area contributed by atoms with Gasteiger partial charge >= 0.3 is 11.5 Å². The van der Waals surface area contributed by atoms with Gasteiger partial charge in [-0.3, -0.25) is 4.79 Å². The van der Waals surface area contributed by atoms with Crippen LogP contribution in [-0.4, -0.2) is 42.6 Å². The van der Waals surface area contributed by atoms with Gasteiger partial charge in [0.2, 0.25) is 0 Å². The van der Waals surface area contributed by atoms with Gasteiger partial charge in [-0.1, -0.05) is 12.1 Å². The van der Waals surface area contributed by atoms with E-state index in [9.17, 15) is 45.1 Å². The first-order chi connectivity index (χ1) is 15.4. The second-order valence-electron chi connectivity index (χ2n) is 8.10. The highest BCUT2D eigenvalue weighted by molar-refractivity contribution is 7.92. The lowest BCUT2D eigenvalue weighted by atomic mass is 10.0. The Morgan fingerprint density at radius 3 is 2.12 bits per heavy atom. The Hall–Kier alpha value is -3.22. The van der Waals surface area contributed by atoms with Crippen molar-refractivity contribution in [3.05, 3.63) is 59.2 Å². The number of carbonyl (C=O) groups is 2. The molecule has 0 saturated carbocycles. The SMILES string of the molecule is CC(C)(C)OC(=O)[C@H](Cc1ccc(O)cc1S(=O)(=O)C(F)(F)F)NC(=O)c1c(F)cccc1F. The Labute approximate surface area is 191 Å². The van der Waals surface area contributed by atoms with Crippen molar-refractivity contribution < 1.29 is 49.8 Å². The molecule has 0 bridgehead atoms. The summed E-state index contributed by atoms with van der Waals surface area (Å²) in [5, 5.41) is 11.5. The van der Waals surface area contributed by atoms with Crippen LogP contribution in [0.4, 0.5) is 22.0 Å². The van der Waals surface area contributed by atoms with Crippen LogP contribution in [0.1, 0.15) is 36.7 Å². The van der Waals surface area contributed by atoms with Crippen molar-refractivity contribution in [1.82, 2.24) is 5.32 Å².